The quantitative estimate of drug-likeness (QED) is 0.542. The minimum atomic E-state index is -0.349. The van der Waals surface area contributed by atoms with Gasteiger partial charge >= 0.3 is 0 Å². The van der Waals surface area contributed by atoms with Crippen LogP contribution in [0, 0.1) is 0 Å². The summed E-state index contributed by atoms with van der Waals surface area (Å²) >= 11 is 3.44. The van der Waals surface area contributed by atoms with E-state index in [1.807, 2.05) is 30.3 Å². The van der Waals surface area contributed by atoms with E-state index in [1.165, 1.54) is 0 Å². The van der Waals surface area contributed by atoms with Crippen molar-refractivity contribution in [3.8, 4) is 11.5 Å². The topological polar surface area (TPSA) is 66.4 Å². The number of hydrogen-bond acceptors (Lipinski definition) is 6. The standard InChI is InChI=1S/C23H27BrN4O3/c1-4-27(5-2)9-6-10-31-21-12-16-19(13-20(21)30-3)25-14-28-22(16)26-18-8-7-15(24)11-17(18)23(28)29/h7-8,11-14,22,26H,4-6,9-10H2,1-3H3. The van der Waals surface area contributed by atoms with E-state index in [0.29, 0.717) is 23.7 Å². The van der Waals surface area contributed by atoms with Gasteiger partial charge in [-0.1, -0.05) is 29.8 Å². The molecule has 31 heavy (non-hydrogen) atoms. The Kier molecular flexibility index (Phi) is 6.48. The van der Waals surface area contributed by atoms with Gasteiger partial charge in [-0.3, -0.25) is 9.69 Å². The smallest absolute Gasteiger partial charge is 0.263 e. The molecule has 0 fully saturated rings. The number of carbonyl (C=O) groups is 1. The van der Waals surface area contributed by atoms with E-state index < -0.39 is 0 Å². The van der Waals surface area contributed by atoms with Gasteiger partial charge in [0.05, 0.1) is 25.0 Å². The predicted molar refractivity (Wildman–Crippen MR) is 126 cm³/mol. The molecule has 2 aromatic carbocycles. The van der Waals surface area contributed by atoms with Crippen molar-refractivity contribution >= 4 is 39.6 Å². The third kappa shape index (κ3) is 4.27. The summed E-state index contributed by atoms with van der Waals surface area (Å²) in [6.07, 6.45) is 2.16. The molecular formula is C23H27BrN4O3. The van der Waals surface area contributed by atoms with Crippen LogP contribution in [0.3, 0.4) is 0 Å². The van der Waals surface area contributed by atoms with Crippen LogP contribution in [0.2, 0.25) is 0 Å². The molecule has 0 radical (unpaired) electrons. The van der Waals surface area contributed by atoms with Crippen LogP contribution in [-0.2, 0) is 0 Å². The molecule has 164 valence electrons. The molecule has 0 spiro atoms. The number of benzene rings is 2. The molecule has 4 rings (SSSR count). The van der Waals surface area contributed by atoms with E-state index in [2.05, 4.69) is 45.0 Å². The lowest BCUT2D eigenvalue weighted by atomic mass is 10.0. The summed E-state index contributed by atoms with van der Waals surface area (Å²) in [5.41, 5.74) is 3.05. The number of carbonyl (C=O) groups excluding carboxylic acids is 1. The second kappa shape index (κ2) is 9.28. The maximum atomic E-state index is 13.1. The molecule has 0 saturated heterocycles. The second-order valence-corrected chi connectivity index (χ2v) is 8.40. The molecule has 0 saturated carbocycles. The molecule has 1 unspecified atom stereocenters. The van der Waals surface area contributed by atoms with Gasteiger partial charge in [0.25, 0.3) is 5.91 Å². The Balaban J connectivity index is 1.58. The Morgan fingerprint density at radius 2 is 2.00 bits per heavy atom. The number of methoxy groups -OCH3 is 1. The van der Waals surface area contributed by atoms with E-state index in [1.54, 1.807) is 18.3 Å². The summed E-state index contributed by atoms with van der Waals surface area (Å²) in [7, 11) is 1.62. The highest BCUT2D eigenvalue weighted by molar-refractivity contribution is 9.10. The van der Waals surface area contributed by atoms with Gasteiger partial charge in [-0.15, -0.1) is 0 Å². The van der Waals surface area contributed by atoms with Gasteiger partial charge in [0.15, 0.2) is 11.5 Å². The number of rotatable bonds is 8. The van der Waals surface area contributed by atoms with Crippen molar-refractivity contribution in [2.24, 2.45) is 4.99 Å². The number of anilines is 1. The van der Waals surface area contributed by atoms with Gasteiger partial charge in [0, 0.05) is 28.3 Å². The zero-order chi connectivity index (χ0) is 22.0. The highest BCUT2D eigenvalue weighted by Gasteiger charge is 2.36. The largest absolute Gasteiger partial charge is 0.493 e. The van der Waals surface area contributed by atoms with Crippen molar-refractivity contribution in [2.45, 2.75) is 26.4 Å². The SMILES string of the molecule is CCN(CC)CCCOc1cc2c(cc1OC)N=CN1C(=O)c3cc(Br)ccc3NC21. The van der Waals surface area contributed by atoms with Gasteiger partial charge in [-0.05, 0) is 43.8 Å². The molecule has 2 aliphatic heterocycles. The monoisotopic (exact) mass is 486 g/mol. The molecule has 2 aromatic rings. The van der Waals surface area contributed by atoms with Crippen LogP contribution in [0.15, 0.2) is 39.8 Å². The Morgan fingerprint density at radius 1 is 1.19 bits per heavy atom. The molecule has 0 bridgehead atoms. The van der Waals surface area contributed by atoms with Gasteiger partial charge < -0.3 is 19.7 Å². The van der Waals surface area contributed by atoms with Crippen LogP contribution in [0.5, 0.6) is 11.5 Å². The van der Waals surface area contributed by atoms with Crippen LogP contribution in [-0.4, -0.2) is 55.4 Å². The highest BCUT2D eigenvalue weighted by atomic mass is 79.9. The Bertz CT molecular complexity index is 1010. The average molecular weight is 487 g/mol. The first kappa shape index (κ1) is 21.6. The van der Waals surface area contributed by atoms with Crippen LogP contribution < -0.4 is 14.8 Å². The van der Waals surface area contributed by atoms with Gasteiger partial charge in [-0.25, -0.2) is 4.99 Å². The minimum absolute atomic E-state index is 0.0908. The number of nitrogens with one attached hydrogen (secondary N) is 1. The van der Waals surface area contributed by atoms with Gasteiger partial charge in [-0.2, -0.15) is 0 Å². The van der Waals surface area contributed by atoms with E-state index >= 15 is 0 Å². The van der Waals surface area contributed by atoms with Crippen LogP contribution in [0.1, 0.15) is 42.4 Å². The third-order valence-electron chi connectivity index (χ3n) is 5.72. The lowest BCUT2D eigenvalue weighted by molar-refractivity contribution is 0.0807. The van der Waals surface area contributed by atoms with E-state index in [0.717, 1.165) is 47.5 Å². The van der Waals surface area contributed by atoms with Crippen molar-refractivity contribution < 1.29 is 14.3 Å². The molecule has 1 amide bonds. The molecular weight excluding hydrogens is 460 g/mol. The lowest BCUT2D eigenvalue weighted by Gasteiger charge is -2.38. The Labute approximate surface area is 191 Å². The first-order valence-corrected chi connectivity index (χ1v) is 11.3. The van der Waals surface area contributed by atoms with Gasteiger partial charge in [0.2, 0.25) is 0 Å². The summed E-state index contributed by atoms with van der Waals surface area (Å²) in [4.78, 5) is 21.6. The maximum Gasteiger partial charge on any atom is 0.263 e. The predicted octanol–water partition coefficient (Wildman–Crippen LogP) is 4.81. The molecule has 0 aliphatic carbocycles. The summed E-state index contributed by atoms with van der Waals surface area (Å²) < 4.78 is 12.5. The number of fused-ring (bicyclic) bond motifs is 4. The average Bonchev–Trinajstić information content (AvgIpc) is 2.79. The normalized spacial score (nSPS) is 16.5. The number of halogens is 1. The number of ether oxygens (including phenoxy) is 2. The van der Waals surface area contributed by atoms with Gasteiger partial charge in [0.1, 0.15) is 12.5 Å². The van der Waals surface area contributed by atoms with E-state index in [9.17, 15) is 4.79 Å². The zero-order valence-electron chi connectivity index (χ0n) is 18.0. The van der Waals surface area contributed by atoms with E-state index in [-0.39, 0.29) is 12.1 Å². The van der Waals surface area contributed by atoms with E-state index in [4.69, 9.17) is 9.47 Å². The fourth-order valence-electron chi connectivity index (χ4n) is 3.94. The van der Waals surface area contributed by atoms with Crippen LogP contribution in [0.25, 0.3) is 0 Å². The van der Waals surface area contributed by atoms with Crippen LogP contribution in [0.4, 0.5) is 11.4 Å². The minimum Gasteiger partial charge on any atom is -0.493 e. The molecule has 1 atom stereocenters. The molecule has 1 N–H and O–H groups in total. The van der Waals surface area contributed by atoms with Crippen molar-refractivity contribution in [2.75, 3.05) is 38.7 Å². The van der Waals surface area contributed by atoms with Crippen molar-refractivity contribution in [3.63, 3.8) is 0 Å². The Morgan fingerprint density at radius 3 is 2.74 bits per heavy atom. The summed E-state index contributed by atoms with van der Waals surface area (Å²) in [6.45, 7) is 7.98. The number of amides is 1. The summed E-state index contributed by atoms with van der Waals surface area (Å²) in [5.74, 6) is 1.21. The number of nitrogens with zero attached hydrogens (tertiary/aromatic N) is 3. The number of aliphatic imine (C=N–C) groups is 1. The Hall–Kier alpha value is -2.58. The molecule has 2 aliphatic rings. The highest BCUT2D eigenvalue weighted by Crippen LogP contribution is 2.44. The third-order valence-corrected chi connectivity index (χ3v) is 6.21. The second-order valence-electron chi connectivity index (χ2n) is 7.48. The lowest BCUT2D eigenvalue weighted by Crippen LogP contribution is -2.43. The first-order valence-electron chi connectivity index (χ1n) is 10.6. The zero-order valence-corrected chi connectivity index (χ0v) is 19.6. The molecule has 7 nitrogen and oxygen atoms in total. The number of hydrogen-bond donors (Lipinski definition) is 1. The van der Waals surface area contributed by atoms with Crippen LogP contribution >= 0.6 is 15.9 Å². The fourth-order valence-corrected chi connectivity index (χ4v) is 4.30. The summed E-state index contributed by atoms with van der Waals surface area (Å²) in [6, 6.07) is 9.46. The molecule has 8 heteroatoms. The van der Waals surface area contributed by atoms with Crippen molar-refractivity contribution in [3.05, 3.63) is 45.9 Å². The fraction of sp³-hybridized carbons (Fsp3) is 0.391. The molecule has 2 heterocycles. The maximum absolute atomic E-state index is 13.1. The van der Waals surface area contributed by atoms with Crippen molar-refractivity contribution in [1.29, 1.82) is 0 Å². The molecule has 0 aromatic heterocycles. The summed E-state index contributed by atoms with van der Waals surface area (Å²) in [5, 5.41) is 3.46. The van der Waals surface area contributed by atoms with Crippen molar-refractivity contribution in [1.82, 2.24) is 9.80 Å². The first-order chi connectivity index (χ1) is 15.0.